The number of aryl methyl sites for hydroxylation is 1. The van der Waals surface area contributed by atoms with Crippen molar-refractivity contribution < 1.29 is 32.2 Å². The molecule has 0 bridgehead atoms. The van der Waals surface area contributed by atoms with E-state index in [-0.39, 0.29) is 43.9 Å². The van der Waals surface area contributed by atoms with E-state index < -0.39 is 21.9 Å². The van der Waals surface area contributed by atoms with E-state index >= 15 is 0 Å². The minimum Gasteiger partial charge on any atom is -0.493 e. The lowest BCUT2D eigenvalue weighted by atomic mass is 10.1. The van der Waals surface area contributed by atoms with Gasteiger partial charge in [0.1, 0.15) is 0 Å². The van der Waals surface area contributed by atoms with Gasteiger partial charge in [0.05, 0.1) is 48.2 Å². The molecule has 35 heavy (non-hydrogen) atoms. The zero-order valence-corrected chi connectivity index (χ0v) is 20.9. The lowest BCUT2D eigenvalue weighted by Gasteiger charge is -2.15. The van der Waals surface area contributed by atoms with Crippen molar-refractivity contribution in [2.75, 3.05) is 31.4 Å². The number of esters is 1. The molecule has 184 valence electrons. The second-order valence-corrected chi connectivity index (χ2v) is 9.40. The molecule has 9 nitrogen and oxygen atoms in total. The number of benzene rings is 3. The van der Waals surface area contributed by atoms with Gasteiger partial charge in [0, 0.05) is 17.7 Å². The van der Waals surface area contributed by atoms with Gasteiger partial charge in [-0.15, -0.1) is 0 Å². The molecule has 0 radical (unpaired) electrons. The summed E-state index contributed by atoms with van der Waals surface area (Å²) in [6, 6.07) is 13.2. The lowest BCUT2D eigenvalue weighted by Crippen LogP contribution is -2.17. The number of hydrogen-bond acceptors (Lipinski definition) is 7. The third-order valence-corrected chi connectivity index (χ3v) is 6.68. The minimum absolute atomic E-state index is 0.00818. The molecule has 11 heteroatoms. The maximum absolute atomic E-state index is 12.9. The molecular weight excluding hydrogens is 496 g/mol. The number of methoxy groups -OCH3 is 3. The van der Waals surface area contributed by atoms with Crippen LogP contribution in [0.15, 0.2) is 59.5 Å². The van der Waals surface area contributed by atoms with Crippen molar-refractivity contribution in [3.05, 3.63) is 76.3 Å². The molecule has 2 N–H and O–H groups in total. The lowest BCUT2D eigenvalue weighted by molar-refractivity contribution is 0.0601. The van der Waals surface area contributed by atoms with E-state index in [0.29, 0.717) is 0 Å². The standard InChI is InChI=1S/C24H23ClN2O7S/c1-14-5-8-16(9-6-14)35(30,31)27-19-10-7-15(11-18(19)25)23(28)26-20-13-22(33-3)21(32-2)12-17(20)24(29)34-4/h5-13,27H,1-4H3,(H,26,28). The third-order valence-electron chi connectivity index (χ3n) is 4.98. The van der Waals surface area contributed by atoms with Crippen molar-refractivity contribution in [1.29, 1.82) is 0 Å². The van der Waals surface area contributed by atoms with Gasteiger partial charge in [0.2, 0.25) is 0 Å². The number of carbonyl (C=O) groups is 2. The smallest absolute Gasteiger partial charge is 0.340 e. The molecule has 0 heterocycles. The van der Waals surface area contributed by atoms with Crippen molar-refractivity contribution in [1.82, 2.24) is 0 Å². The summed E-state index contributed by atoms with van der Waals surface area (Å²) in [5, 5.41) is 2.63. The van der Waals surface area contributed by atoms with Crippen LogP contribution in [0.25, 0.3) is 0 Å². The average Bonchev–Trinajstić information content (AvgIpc) is 2.84. The second-order valence-electron chi connectivity index (χ2n) is 7.31. The summed E-state index contributed by atoms with van der Waals surface area (Å²) >= 11 is 6.27. The molecule has 0 atom stereocenters. The van der Waals surface area contributed by atoms with Gasteiger partial charge < -0.3 is 19.5 Å². The minimum atomic E-state index is -3.88. The van der Waals surface area contributed by atoms with Crippen LogP contribution in [0.2, 0.25) is 5.02 Å². The first kappa shape index (κ1) is 25.9. The molecule has 1 amide bonds. The summed E-state index contributed by atoms with van der Waals surface area (Å²) in [6.45, 7) is 1.85. The van der Waals surface area contributed by atoms with Gasteiger partial charge in [-0.05, 0) is 37.3 Å². The van der Waals surface area contributed by atoms with E-state index in [2.05, 4.69) is 10.0 Å². The Balaban J connectivity index is 1.87. The van der Waals surface area contributed by atoms with Crippen LogP contribution >= 0.6 is 11.6 Å². The van der Waals surface area contributed by atoms with E-state index in [9.17, 15) is 18.0 Å². The number of ether oxygens (including phenoxy) is 3. The molecule has 3 aromatic rings. The maximum Gasteiger partial charge on any atom is 0.340 e. The topological polar surface area (TPSA) is 120 Å². The van der Waals surface area contributed by atoms with E-state index in [1.165, 1.54) is 63.8 Å². The van der Waals surface area contributed by atoms with Gasteiger partial charge in [-0.2, -0.15) is 0 Å². The zero-order chi connectivity index (χ0) is 25.8. The molecule has 0 fully saturated rings. The SMILES string of the molecule is COC(=O)c1cc(OC)c(OC)cc1NC(=O)c1ccc(NS(=O)(=O)c2ccc(C)cc2)c(Cl)c1. The van der Waals surface area contributed by atoms with Gasteiger partial charge in [-0.1, -0.05) is 29.3 Å². The Hall–Kier alpha value is -3.76. The quantitative estimate of drug-likeness (QED) is 0.421. The summed E-state index contributed by atoms with van der Waals surface area (Å²) < 4.78 is 43.0. The zero-order valence-electron chi connectivity index (χ0n) is 19.3. The Bertz CT molecular complexity index is 1370. The number of nitrogens with one attached hydrogen (secondary N) is 2. The van der Waals surface area contributed by atoms with Crippen molar-refractivity contribution in [2.24, 2.45) is 0 Å². The number of anilines is 2. The maximum atomic E-state index is 12.9. The third kappa shape index (κ3) is 5.84. The predicted molar refractivity (Wildman–Crippen MR) is 132 cm³/mol. The largest absolute Gasteiger partial charge is 0.493 e. The fourth-order valence-corrected chi connectivity index (χ4v) is 4.48. The van der Waals surface area contributed by atoms with Gasteiger partial charge >= 0.3 is 5.97 Å². The van der Waals surface area contributed by atoms with Gasteiger partial charge in [0.15, 0.2) is 11.5 Å². The molecule has 0 spiro atoms. The van der Waals surface area contributed by atoms with Crippen molar-refractivity contribution >= 4 is 44.9 Å². The van der Waals surface area contributed by atoms with Crippen molar-refractivity contribution in [3.8, 4) is 11.5 Å². The molecule has 0 saturated heterocycles. The van der Waals surface area contributed by atoms with E-state index in [0.717, 1.165) is 5.56 Å². The molecule has 0 aromatic heterocycles. The van der Waals surface area contributed by atoms with Crippen molar-refractivity contribution in [2.45, 2.75) is 11.8 Å². The monoisotopic (exact) mass is 518 g/mol. The number of amides is 1. The predicted octanol–water partition coefficient (Wildman–Crippen LogP) is 4.51. The second kappa shape index (κ2) is 10.7. The number of carbonyl (C=O) groups excluding carboxylic acids is 2. The molecule has 0 aliphatic rings. The highest BCUT2D eigenvalue weighted by atomic mass is 35.5. The molecule has 3 aromatic carbocycles. The molecule has 0 aliphatic carbocycles. The van der Waals surface area contributed by atoms with Crippen LogP contribution in [0.1, 0.15) is 26.3 Å². The fraction of sp³-hybridized carbons (Fsp3) is 0.167. The summed E-state index contributed by atoms with van der Waals surface area (Å²) in [5.74, 6) is -0.731. The van der Waals surface area contributed by atoms with Crippen LogP contribution in [-0.4, -0.2) is 41.6 Å². The van der Waals surface area contributed by atoms with E-state index in [1.807, 2.05) is 6.92 Å². The average molecular weight is 519 g/mol. The number of halogens is 1. The first-order valence-corrected chi connectivity index (χ1v) is 12.0. The molecule has 3 rings (SSSR count). The highest BCUT2D eigenvalue weighted by molar-refractivity contribution is 7.92. The van der Waals surface area contributed by atoms with Gasteiger partial charge in [0.25, 0.3) is 15.9 Å². The Kier molecular flexibility index (Phi) is 7.88. The van der Waals surface area contributed by atoms with Crippen LogP contribution in [0.4, 0.5) is 11.4 Å². The Morgan fingerprint density at radius 1 is 0.857 bits per heavy atom. The van der Waals surface area contributed by atoms with Crippen LogP contribution in [-0.2, 0) is 14.8 Å². The fourth-order valence-electron chi connectivity index (χ4n) is 3.12. The van der Waals surface area contributed by atoms with Crippen molar-refractivity contribution in [3.63, 3.8) is 0 Å². The van der Waals surface area contributed by atoms with Crippen LogP contribution in [0.3, 0.4) is 0 Å². The van der Waals surface area contributed by atoms with E-state index in [1.54, 1.807) is 12.1 Å². The van der Waals surface area contributed by atoms with Crippen LogP contribution in [0.5, 0.6) is 11.5 Å². The summed E-state index contributed by atoms with van der Waals surface area (Å²) in [6.07, 6.45) is 0. The van der Waals surface area contributed by atoms with Gasteiger partial charge in [-0.3, -0.25) is 9.52 Å². The Morgan fingerprint density at radius 3 is 2.06 bits per heavy atom. The number of hydrogen-bond donors (Lipinski definition) is 2. The highest BCUT2D eigenvalue weighted by Crippen LogP contribution is 2.34. The first-order chi connectivity index (χ1) is 16.6. The molecule has 0 aliphatic heterocycles. The van der Waals surface area contributed by atoms with Crippen LogP contribution in [0, 0.1) is 6.92 Å². The Labute approximate surface area is 208 Å². The number of rotatable bonds is 8. The molecule has 0 unspecified atom stereocenters. The van der Waals surface area contributed by atoms with Crippen LogP contribution < -0.4 is 19.5 Å². The Morgan fingerprint density at radius 2 is 1.49 bits per heavy atom. The summed E-state index contributed by atoms with van der Waals surface area (Å²) in [7, 11) is 0.155. The highest BCUT2D eigenvalue weighted by Gasteiger charge is 2.21. The first-order valence-electron chi connectivity index (χ1n) is 10.1. The summed E-state index contributed by atoms with van der Waals surface area (Å²) in [5.41, 5.74) is 1.32. The summed E-state index contributed by atoms with van der Waals surface area (Å²) in [4.78, 5) is 25.2. The molecule has 0 saturated carbocycles. The number of sulfonamides is 1. The molecular formula is C24H23ClN2O7S. The normalized spacial score (nSPS) is 10.9. The van der Waals surface area contributed by atoms with Gasteiger partial charge in [-0.25, -0.2) is 13.2 Å². The van der Waals surface area contributed by atoms with E-state index in [4.69, 9.17) is 25.8 Å².